The van der Waals surface area contributed by atoms with Crippen molar-refractivity contribution in [3.63, 3.8) is 0 Å². The highest BCUT2D eigenvalue weighted by Crippen LogP contribution is 2.47. The Bertz CT molecular complexity index is 916. The number of aryl methyl sites for hydroxylation is 1. The summed E-state index contributed by atoms with van der Waals surface area (Å²) in [5.41, 5.74) is 2.71. The van der Waals surface area contributed by atoms with E-state index in [9.17, 15) is 4.79 Å². The first-order valence-electron chi connectivity index (χ1n) is 12.3. The zero-order valence-corrected chi connectivity index (χ0v) is 21.3. The van der Waals surface area contributed by atoms with Gasteiger partial charge in [0.15, 0.2) is 0 Å². The number of anilines is 1. The number of carbonyl (C=O) groups is 1. The van der Waals surface area contributed by atoms with Crippen molar-refractivity contribution < 1.29 is 9.63 Å². The summed E-state index contributed by atoms with van der Waals surface area (Å²) in [4.78, 5) is 19.6. The predicted octanol–water partition coefficient (Wildman–Crippen LogP) is 6.86. The van der Waals surface area contributed by atoms with Crippen LogP contribution < -0.4 is 10.6 Å². The highest BCUT2D eigenvalue weighted by atomic mass is 16.7. The highest BCUT2D eigenvalue weighted by Gasteiger charge is 2.54. The number of amides is 2. The van der Waals surface area contributed by atoms with E-state index in [2.05, 4.69) is 81.5 Å². The molecule has 1 fully saturated rings. The van der Waals surface area contributed by atoms with Crippen molar-refractivity contribution in [3.8, 4) is 0 Å². The fourth-order valence-electron chi connectivity index (χ4n) is 5.06. The third-order valence-corrected chi connectivity index (χ3v) is 7.83. The van der Waals surface area contributed by atoms with Crippen LogP contribution >= 0.6 is 0 Å². The lowest BCUT2D eigenvalue weighted by atomic mass is 9.68. The molecule has 1 aliphatic rings. The average molecular weight is 452 g/mol. The fraction of sp³-hybridized carbons (Fsp3) is 0.536. The van der Waals surface area contributed by atoms with E-state index in [1.807, 2.05) is 37.3 Å². The number of carbonyl (C=O) groups excluding carboxylic acids is 1. The molecule has 2 amide bonds. The Morgan fingerprint density at radius 1 is 1.09 bits per heavy atom. The number of urea groups is 1. The molecule has 0 spiro atoms. The molecule has 5 nitrogen and oxygen atoms in total. The summed E-state index contributed by atoms with van der Waals surface area (Å²) in [6.45, 7) is 15.3. The van der Waals surface area contributed by atoms with Crippen molar-refractivity contribution in [1.82, 2.24) is 10.4 Å². The van der Waals surface area contributed by atoms with Gasteiger partial charge >= 0.3 is 6.03 Å². The van der Waals surface area contributed by atoms with Gasteiger partial charge in [-0.25, -0.2) is 4.79 Å². The van der Waals surface area contributed by atoms with Crippen molar-refractivity contribution in [2.75, 3.05) is 5.32 Å². The van der Waals surface area contributed by atoms with Crippen molar-refractivity contribution in [3.05, 3.63) is 65.7 Å². The van der Waals surface area contributed by atoms with E-state index in [4.69, 9.17) is 4.84 Å². The first-order chi connectivity index (χ1) is 15.6. The maximum atomic E-state index is 12.9. The maximum absolute atomic E-state index is 12.9. The minimum absolute atomic E-state index is 0.0391. The van der Waals surface area contributed by atoms with Crippen molar-refractivity contribution in [2.24, 2.45) is 5.92 Å². The Hall–Kier alpha value is -2.37. The van der Waals surface area contributed by atoms with Gasteiger partial charge in [-0.3, -0.25) is 4.84 Å². The Kier molecular flexibility index (Phi) is 7.86. The Morgan fingerprint density at radius 2 is 1.73 bits per heavy atom. The van der Waals surface area contributed by atoms with Crippen LogP contribution in [0.25, 0.3) is 0 Å². The van der Waals surface area contributed by atoms with E-state index >= 15 is 0 Å². The third-order valence-electron chi connectivity index (χ3n) is 7.83. The molecule has 0 saturated carbocycles. The largest absolute Gasteiger partial charge is 0.335 e. The molecule has 3 rings (SSSR count). The second-order valence-electron chi connectivity index (χ2n) is 10.1. The normalized spacial score (nSPS) is 28.8. The first-order valence-corrected chi connectivity index (χ1v) is 12.3. The van der Waals surface area contributed by atoms with Crippen molar-refractivity contribution in [1.29, 1.82) is 0 Å². The summed E-state index contributed by atoms with van der Waals surface area (Å²) in [5.74, 6) is 0.203. The van der Waals surface area contributed by atoms with Gasteiger partial charge in [-0.05, 0) is 70.6 Å². The molecule has 1 aliphatic heterocycles. The van der Waals surface area contributed by atoms with Crippen LogP contribution in [0.3, 0.4) is 0 Å². The second kappa shape index (κ2) is 10.3. The number of nitrogens with one attached hydrogen (secondary N) is 2. The highest BCUT2D eigenvalue weighted by molar-refractivity contribution is 5.89. The van der Waals surface area contributed by atoms with Crippen molar-refractivity contribution >= 4 is 11.7 Å². The molecule has 180 valence electrons. The number of benzene rings is 2. The molecular weight excluding hydrogens is 410 g/mol. The summed E-state index contributed by atoms with van der Waals surface area (Å²) in [5, 5.41) is 8.54. The van der Waals surface area contributed by atoms with Gasteiger partial charge in [-0.15, -0.1) is 0 Å². The lowest BCUT2D eigenvalue weighted by Gasteiger charge is -2.60. The van der Waals surface area contributed by atoms with Crippen LogP contribution in [0.15, 0.2) is 54.6 Å². The fourth-order valence-corrected chi connectivity index (χ4v) is 5.06. The predicted molar refractivity (Wildman–Crippen MR) is 136 cm³/mol. The number of hydrogen-bond acceptors (Lipinski definition) is 3. The van der Waals surface area contributed by atoms with E-state index in [1.54, 1.807) is 0 Å². The Morgan fingerprint density at radius 3 is 2.30 bits per heavy atom. The van der Waals surface area contributed by atoms with Crippen molar-refractivity contribution in [2.45, 2.75) is 91.0 Å². The summed E-state index contributed by atoms with van der Waals surface area (Å²) in [7, 11) is 0. The SMILES string of the molecule is CCC1(C)CC(NC(=O)Nc2ccc(C)cc2)C(C)C(C)(CC)N1OC(C)c1ccccc1. The molecule has 2 aromatic carbocycles. The van der Waals surface area contributed by atoms with Gasteiger partial charge in [-0.2, -0.15) is 5.06 Å². The molecule has 0 bridgehead atoms. The number of hydrogen-bond donors (Lipinski definition) is 2. The smallest absolute Gasteiger partial charge is 0.319 e. The lowest BCUT2D eigenvalue weighted by molar-refractivity contribution is -0.327. The molecule has 5 atom stereocenters. The molecule has 0 radical (unpaired) electrons. The molecule has 2 N–H and O–H groups in total. The van der Waals surface area contributed by atoms with Crippen LogP contribution in [-0.4, -0.2) is 28.2 Å². The average Bonchev–Trinajstić information content (AvgIpc) is 2.82. The summed E-state index contributed by atoms with van der Waals surface area (Å²) >= 11 is 0. The van der Waals surface area contributed by atoms with Crippen LogP contribution in [0, 0.1) is 12.8 Å². The van der Waals surface area contributed by atoms with Gasteiger partial charge in [0.05, 0.1) is 0 Å². The van der Waals surface area contributed by atoms with Crippen LogP contribution in [0.5, 0.6) is 0 Å². The minimum atomic E-state index is -0.228. The second-order valence-corrected chi connectivity index (χ2v) is 10.1. The van der Waals surface area contributed by atoms with Crippen LogP contribution in [0.1, 0.15) is 78.0 Å². The molecule has 33 heavy (non-hydrogen) atoms. The van der Waals surface area contributed by atoms with E-state index < -0.39 is 0 Å². The zero-order valence-electron chi connectivity index (χ0n) is 21.3. The van der Waals surface area contributed by atoms with Crippen LogP contribution in [0.2, 0.25) is 0 Å². The molecule has 5 heteroatoms. The molecule has 1 heterocycles. The van der Waals surface area contributed by atoms with Gasteiger partial charge in [0.25, 0.3) is 0 Å². The quantitative estimate of drug-likeness (QED) is 0.484. The number of nitrogens with zero attached hydrogens (tertiary/aromatic N) is 1. The van der Waals surface area contributed by atoms with Gasteiger partial charge in [-0.1, -0.05) is 68.8 Å². The topological polar surface area (TPSA) is 53.6 Å². The summed E-state index contributed by atoms with van der Waals surface area (Å²) in [6.07, 6.45) is 2.62. The van der Waals surface area contributed by atoms with Crippen LogP contribution in [0.4, 0.5) is 10.5 Å². The first kappa shape index (κ1) is 25.3. The molecule has 5 unspecified atom stereocenters. The molecule has 0 aliphatic carbocycles. The lowest BCUT2D eigenvalue weighted by Crippen LogP contribution is -2.70. The van der Waals surface area contributed by atoms with Gasteiger partial charge in [0.2, 0.25) is 0 Å². The Labute approximate surface area is 199 Å². The number of piperidine rings is 1. The van der Waals surface area contributed by atoms with Gasteiger partial charge in [0, 0.05) is 22.8 Å². The summed E-state index contributed by atoms with van der Waals surface area (Å²) < 4.78 is 0. The molecule has 0 aromatic heterocycles. The molecular formula is C28H41N3O2. The van der Waals surface area contributed by atoms with E-state index in [0.717, 1.165) is 24.9 Å². The number of rotatable bonds is 7. The number of hydroxylamine groups is 2. The van der Waals surface area contributed by atoms with E-state index in [0.29, 0.717) is 0 Å². The van der Waals surface area contributed by atoms with Gasteiger partial charge < -0.3 is 10.6 Å². The Balaban J connectivity index is 1.80. The molecule has 2 aromatic rings. The standard InChI is InChI=1S/C28H41N3O2/c1-8-27(6)19-25(30-26(32)29-24-17-15-20(3)16-18-24)21(4)28(7,9-2)31(27)33-22(5)23-13-11-10-12-14-23/h10-18,21-22,25H,8-9,19H2,1-7H3,(H2,29,30,32). The zero-order chi connectivity index (χ0) is 24.2. The minimum Gasteiger partial charge on any atom is -0.335 e. The molecule has 1 saturated heterocycles. The van der Waals surface area contributed by atoms with Gasteiger partial charge in [0.1, 0.15) is 6.10 Å². The maximum Gasteiger partial charge on any atom is 0.319 e. The van der Waals surface area contributed by atoms with E-state index in [-0.39, 0.29) is 35.2 Å². The monoisotopic (exact) mass is 451 g/mol. The third kappa shape index (κ3) is 5.42. The summed E-state index contributed by atoms with van der Waals surface area (Å²) in [6, 6.07) is 18.1. The van der Waals surface area contributed by atoms with Crippen LogP contribution in [-0.2, 0) is 4.84 Å². The van der Waals surface area contributed by atoms with E-state index in [1.165, 1.54) is 11.1 Å².